The second kappa shape index (κ2) is 8.20. The molecule has 18 heavy (non-hydrogen) atoms. The van der Waals surface area contributed by atoms with Crippen LogP contribution < -0.4 is 0 Å². The smallest absolute Gasteiger partial charge is 0.124 e. The Kier molecular flexibility index (Phi) is 6.88. The normalized spacial score (nSPS) is 10.6. The lowest BCUT2D eigenvalue weighted by Crippen LogP contribution is -2.28. The fourth-order valence-electron chi connectivity index (χ4n) is 1.59. The van der Waals surface area contributed by atoms with Crippen molar-refractivity contribution in [1.82, 2.24) is 4.90 Å². The maximum atomic E-state index is 13.0. The fraction of sp³-hybridized carbons (Fsp3) is 0.462. The molecule has 0 saturated carbocycles. The molecule has 0 aliphatic heterocycles. The van der Waals surface area contributed by atoms with Gasteiger partial charge in [-0.1, -0.05) is 22.0 Å². The maximum Gasteiger partial charge on any atom is 0.124 e. The highest BCUT2D eigenvalue weighted by Gasteiger charge is 2.08. The molecule has 98 valence electrons. The number of hydrogen-bond donors (Lipinski definition) is 0. The standard InChI is InChI=1S/C13H16BrFN2O/c1-18-8-7-17(6-2-5-16)10-11-3-4-12(15)9-13(11)14/h3-4,9H,2,6-8,10H2,1H3. The minimum absolute atomic E-state index is 0.258. The molecule has 0 N–H and O–H groups in total. The summed E-state index contributed by atoms with van der Waals surface area (Å²) in [5, 5.41) is 8.63. The van der Waals surface area contributed by atoms with E-state index in [-0.39, 0.29) is 5.82 Å². The molecule has 3 nitrogen and oxygen atoms in total. The van der Waals surface area contributed by atoms with Gasteiger partial charge in [0.15, 0.2) is 0 Å². The van der Waals surface area contributed by atoms with Gasteiger partial charge in [-0.3, -0.25) is 4.90 Å². The second-order valence-corrected chi connectivity index (χ2v) is 4.77. The van der Waals surface area contributed by atoms with Crippen LogP contribution in [0.1, 0.15) is 12.0 Å². The van der Waals surface area contributed by atoms with Crippen molar-refractivity contribution in [2.45, 2.75) is 13.0 Å². The summed E-state index contributed by atoms with van der Waals surface area (Å²) in [6, 6.07) is 6.78. The van der Waals surface area contributed by atoms with Gasteiger partial charge in [0.05, 0.1) is 12.7 Å². The minimum Gasteiger partial charge on any atom is -0.383 e. The van der Waals surface area contributed by atoms with Crippen molar-refractivity contribution < 1.29 is 9.13 Å². The summed E-state index contributed by atoms with van der Waals surface area (Å²) in [6.07, 6.45) is 0.475. The van der Waals surface area contributed by atoms with E-state index in [2.05, 4.69) is 26.9 Å². The van der Waals surface area contributed by atoms with Gasteiger partial charge in [0.2, 0.25) is 0 Å². The summed E-state index contributed by atoms with van der Waals surface area (Å²) in [4.78, 5) is 2.12. The molecule has 0 radical (unpaired) electrons. The summed E-state index contributed by atoms with van der Waals surface area (Å²) in [7, 11) is 1.65. The number of hydrogen-bond acceptors (Lipinski definition) is 3. The Hall–Kier alpha value is -0.960. The van der Waals surface area contributed by atoms with E-state index in [1.54, 1.807) is 13.2 Å². The summed E-state index contributed by atoms with van der Waals surface area (Å²) < 4.78 is 18.8. The van der Waals surface area contributed by atoms with Crippen LogP contribution in [0.25, 0.3) is 0 Å². The van der Waals surface area contributed by atoms with Crippen LogP contribution in [0.5, 0.6) is 0 Å². The zero-order chi connectivity index (χ0) is 13.4. The van der Waals surface area contributed by atoms with Gasteiger partial charge in [0.1, 0.15) is 5.82 Å². The topological polar surface area (TPSA) is 36.3 Å². The number of methoxy groups -OCH3 is 1. The highest BCUT2D eigenvalue weighted by molar-refractivity contribution is 9.10. The average Bonchev–Trinajstić information content (AvgIpc) is 2.35. The van der Waals surface area contributed by atoms with Crippen LogP contribution in [-0.4, -0.2) is 31.7 Å². The molecule has 1 aromatic carbocycles. The van der Waals surface area contributed by atoms with E-state index >= 15 is 0 Å². The number of benzene rings is 1. The number of nitriles is 1. The maximum absolute atomic E-state index is 13.0. The zero-order valence-corrected chi connectivity index (χ0v) is 11.9. The first kappa shape index (κ1) is 15.1. The van der Waals surface area contributed by atoms with Gasteiger partial charge in [0.25, 0.3) is 0 Å². The zero-order valence-electron chi connectivity index (χ0n) is 10.3. The largest absolute Gasteiger partial charge is 0.383 e. The van der Waals surface area contributed by atoms with Gasteiger partial charge in [-0.25, -0.2) is 4.39 Å². The van der Waals surface area contributed by atoms with Crippen LogP contribution in [0.15, 0.2) is 22.7 Å². The molecule has 1 rings (SSSR count). The van der Waals surface area contributed by atoms with Crippen molar-refractivity contribution in [2.24, 2.45) is 0 Å². The van der Waals surface area contributed by atoms with Crippen molar-refractivity contribution in [3.05, 3.63) is 34.1 Å². The molecule has 0 unspecified atom stereocenters. The molecular weight excluding hydrogens is 299 g/mol. The predicted octanol–water partition coefficient (Wildman–Crippen LogP) is 2.95. The highest BCUT2D eigenvalue weighted by atomic mass is 79.9. The molecule has 0 heterocycles. The SMILES string of the molecule is COCCN(CCC#N)Cc1ccc(F)cc1Br. The molecule has 5 heteroatoms. The second-order valence-electron chi connectivity index (χ2n) is 3.91. The van der Waals surface area contributed by atoms with Gasteiger partial charge < -0.3 is 4.74 Å². The monoisotopic (exact) mass is 314 g/mol. The Labute approximate surface area is 115 Å². The number of ether oxygens (including phenoxy) is 1. The first-order valence-electron chi connectivity index (χ1n) is 5.69. The van der Waals surface area contributed by atoms with Crippen molar-refractivity contribution in [2.75, 3.05) is 26.8 Å². The van der Waals surface area contributed by atoms with Gasteiger partial charge in [0, 0.05) is 37.6 Å². The van der Waals surface area contributed by atoms with Crippen LogP contribution in [0.4, 0.5) is 4.39 Å². The number of nitrogens with zero attached hydrogens (tertiary/aromatic N) is 2. The third-order valence-electron chi connectivity index (χ3n) is 2.56. The van der Waals surface area contributed by atoms with Crippen molar-refractivity contribution >= 4 is 15.9 Å². The Morgan fingerprint density at radius 2 is 2.22 bits per heavy atom. The summed E-state index contributed by atoms with van der Waals surface area (Å²) in [5.41, 5.74) is 1.01. The summed E-state index contributed by atoms with van der Waals surface area (Å²) in [5.74, 6) is -0.258. The van der Waals surface area contributed by atoms with E-state index in [0.717, 1.165) is 16.6 Å². The Morgan fingerprint density at radius 1 is 1.44 bits per heavy atom. The van der Waals surface area contributed by atoms with E-state index in [1.807, 2.05) is 0 Å². The third kappa shape index (κ3) is 5.13. The van der Waals surface area contributed by atoms with Crippen LogP contribution in [-0.2, 0) is 11.3 Å². The lowest BCUT2D eigenvalue weighted by molar-refractivity contribution is 0.145. The van der Waals surface area contributed by atoms with Crippen LogP contribution >= 0.6 is 15.9 Å². The lowest BCUT2D eigenvalue weighted by atomic mass is 10.2. The fourth-order valence-corrected chi connectivity index (χ4v) is 2.07. The van der Waals surface area contributed by atoms with Crippen LogP contribution in [0.3, 0.4) is 0 Å². The van der Waals surface area contributed by atoms with Gasteiger partial charge in [-0.15, -0.1) is 0 Å². The highest BCUT2D eigenvalue weighted by Crippen LogP contribution is 2.19. The van der Waals surface area contributed by atoms with E-state index in [4.69, 9.17) is 10.00 Å². The van der Waals surface area contributed by atoms with E-state index in [9.17, 15) is 4.39 Å². The molecule has 0 aromatic heterocycles. The lowest BCUT2D eigenvalue weighted by Gasteiger charge is -2.21. The van der Waals surface area contributed by atoms with Gasteiger partial charge in [-0.2, -0.15) is 5.26 Å². The minimum atomic E-state index is -0.258. The van der Waals surface area contributed by atoms with Crippen molar-refractivity contribution in [3.63, 3.8) is 0 Å². The molecule has 0 aliphatic rings. The van der Waals surface area contributed by atoms with E-state index < -0.39 is 0 Å². The van der Waals surface area contributed by atoms with Crippen molar-refractivity contribution in [3.8, 4) is 6.07 Å². The van der Waals surface area contributed by atoms with Crippen LogP contribution in [0, 0.1) is 17.1 Å². The first-order valence-corrected chi connectivity index (χ1v) is 6.49. The molecule has 0 amide bonds. The molecule has 0 bridgehead atoms. The predicted molar refractivity (Wildman–Crippen MR) is 71.5 cm³/mol. The Balaban J connectivity index is 2.66. The first-order chi connectivity index (χ1) is 8.67. The summed E-state index contributed by atoms with van der Waals surface area (Å²) >= 11 is 3.35. The number of rotatable bonds is 7. The average molecular weight is 315 g/mol. The molecular formula is C13H16BrFN2O. The quantitative estimate of drug-likeness (QED) is 0.776. The van der Waals surface area contributed by atoms with Crippen molar-refractivity contribution in [1.29, 1.82) is 5.26 Å². The molecule has 0 aliphatic carbocycles. The van der Waals surface area contributed by atoms with Crippen LogP contribution in [0.2, 0.25) is 0 Å². The molecule has 0 spiro atoms. The third-order valence-corrected chi connectivity index (χ3v) is 3.30. The Bertz CT molecular complexity index is 420. The molecule has 0 saturated heterocycles. The number of halogens is 2. The summed E-state index contributed by atoms with van der Waals surface area (Å²) in [6.45, 7) is 2.72. The van der Waals surface area contributed by atoms with Gasteiger partial charge in [-0.05, 0) is 17.7 Å². The van der Waals surface area contributed by atoms with Gasteiger partial charge >= 0.3 is 0 Å². The van der Waals surface area contributed by atoms with E-state index in [1.165, 1.54) is 12.1 Å². The van der Waals surface area contributed by atoms with E-state index in [0.29, 0.717) is 26.1 Å². The molecule has 1 aromatic rings. The molecule has 0 atom stereocenters. The Morgan fingerprint density at radius 3 is 2.83 bits per heavy atom. The molecule has 0 fully saturated rings.